The van der Waals surface area contributed by atoms with Gasteiger partial charge in [0.05, 0.1) is 23.9 Å². The Labute approximate surface area is 237 Å². The van der Waals surface area contributed by atoms with Gasteiger partial charge in [0.25, 0.3) is 5.91 Å². The van der Waals surface area contributed by atoms with Gasteiger partial charge < -0.3 is 25.1 Å². The third kappa shape index (κ3) is 5.64. The lowest BCUT2D eigenvalue weighted by molar-refractivity contribution is 0.0698. The SMILES string of the molecule is Cc1cc(C)c(C(=O)N2CCN(c3ccccc3C)C(CO)C2)cc1NC1CCN(c2ccccc2C#N)CC1. The minimum atomic E-state index is -0.140. The first-order valence-corrected chi connectivity index (χ1v) is 14.2. The van der Waals surface area contributed by atoms with Crippen LogP contribution in [0.25, 0.3) is 0 Å². The largest absolute Gasteiger partial charge is 0.394 e. The number of nitrogens with one attached hydrogen (secondary N) is 1. The van der Waals surface area contributed by atoms with Crippen LogP contribution in [0.2, 0.25) is 0 Å². The van der Waals surface area contributed by atoms with Crippen LogP contribution in [-0.4, -0.2) is 67.3 Å². The molecule has 0 saturated carbocycles. The quantitative estimate of drug-likeness (QED) is 0.466. The maximum atomic E-state index is 13.8. The number of hydrogen-bond donors (Lipinski definition) is 2. The van der Waals surface area contributed by atoms with E-state index in [1.54, 1.807) is 0 Å². The number of aryl methyl sites for hydroxylation is 3. The zero-order valence-corrected chi connectivity index (χ0v) is 23.7. The molecule has 2 saturated heterocycles. The molecule has 0 spiro atoms. The molecule has 208 valence electrons. The summed E-state index contributed by atoms with van der Waals surface area (Å²) in [5, 5.41) is 23.4. The lowest BCUT2D eigenvalue weighted by atomic mass is 9.99. The Hall–Kier alpha value is -4.02. The molecule has 2 aliphatic rings. The number of amides is 1. The number of para-hydroxylation sites is 2. The van der Waals surface area contributed by atoms with Gasteiger partial charge in [0.15, 0.2) is 0 Å². The third-order valence-corrected chi connectivity index (χ3v) is 8.43. The zero-order chi connectivity index (χ0) is 28.2. The van der Waals surface area contributed by atoms with Crippen LogP contribution in [0.4, 0.5) is 17.1 Å². The van der Waals surface area contributed by atoms with Crippen molar-refractivity contribution in [2.45, 2.75) is 45.7 Å². The van der Waals surface area contributed by atoms with Crippen molar-refractivity contribution in [2.24, 2.45) is 0 Å². The molecule has 3 aromatic rings. The number of aliphatic hydroxyl groups is 1. The van der Waals surface area contributed by atoms with Crippen LogP contribution in [0.3, 0.4) is 0 Å². The summed E-state index contributed by atoms with van der Waals surface area (Å²) in [5.41, 5.74) is 7.83. The number of hydrogen-bond acceptors (Lipinski definition) is 6. The molecule has 1 atom stereocenters. The lowest BCUT2D eigenvalue weighted by Gasteiger charge is -2.42. The number of aliphatic hydroxyl groups excluding tert-OH is 1. The smallest absolute Gasteiger partial charge is 0.254 e. The van der Waals surface area contributed by atoms with Crippen LogP contribution < -0.4 is 15.1 Å². The van der Waals surface area contributed by atoms with E-state index in [0.29, 0.717) is 25.7 Å². The highest BCUT2D eigenvalue weighted by molar-refractivity contribution is 5.97. The number of anilines is 3. The second-order valence-corrected chi connectivity index (χ2v) is 11.1. The molecule has 2 aliphatic heterocycles. The number of benzene rings is 3. The molecule has 0 aromatic heterocycles. The predicted molar refractivity (Wildman–Crippen MR) is 161 cm³/mol. The fourth-order valence-corrected chi connectivity index (χ4v) is 6.14. The molecule has 3 aromatic carbocycles. The van der Waals surface area contributed by atoms with Gasteiger partial charge in [-0.3, -0.25) is 4.79 Å². The van der Waals surface area contributed by atoms with E-state index in [1.807, 2.05) is 54.3 Å². The summed E-state index contributed by atoms with van der Waals surface area (Å²) < 4.78 is 0. The Balaban J connectivity index is 1.26. The molecule has 0 radical (unpaired) electrons. The molecule has 2 fully saturated rings. The molecule has 2 heterocycles. The Morgan fingerprint density at radius 1 is 0.925 bits per heavy atom. The van der Waals surface area contributed by atoms with Crippen LogP contribution in [-0.2, 0) is 0 Å². The number of nitrogens with zero attached hydrogens (tertiary/aromatic N) is 4. The monoisotopic (exact) mass is 537 g/mol. The standard InChI is InChI=1S/C33H39N5O2/c1-23-8-4-6-10-31(23)38-17-16-37(21-28(38)22-39)33(40)29-19-30(25(3)18-24(29)2)35-27-12-14-36(15-13-27)32-11-7-5-9-26(32)20-34/h4-11,18-19,27-28,35,39H,12-17,21-22H2,1-3H3. The highest BCUT2D eigenvalue weighted by Crippen LogP contribution is 2.29. The van der Waals surface area contributed by atoms with Gasteiger partial charge in [-0.05, 0) is 74.6 Å². The first kappa shape index (κ1) is 27.5. The highest BCUT2D eigenvalue weighted by atomic mass is 16.3. The molecule has 1 unspecified atom stereocenters. The van der Waals surface area contributed by atoms with E-state index >= 15 is 0 Å². The van der Waals surface area contributed by atoms with Gasteiger partial charge in [-0.1, -0.05) is 36.4 Å². The Kier molecular flexibility index (Phi) is 8.27. The first-order chi connectivity index (χ1) is 19.4. The highest BCUT2D eigenvalue weighted by Gasteiger charge is 2.31. The second-order valence-electron chi connectivity index (χ2n) is 11.1. The van der Waals surface area contributed by atoms with Crippen LogP contribution >= 0.6 is 0 Å². The summed E-state index contributed by atoms with van der Waals surface area (Å²) in [6, 6.07) is 22.6. The average Bonchev–Trinajstić information content (AvgIpc) is 2.98. The van der Waals surface area contributed by atoms with Crippen LogP contribution in [0, 0.1) is 32.1 Å². The van der Waals surface area contributed by atoms with E-state index in [9.17, 15) is 15.2 Å². The molecular formula is C33H39N5O2. The molecule has 7 heteroatoms. The van der Waals surface area contributed by atoms with Gasteiger partial charge in [0, 0.05) is 55.7 Å². The van der Waals surface area contributed by atoms with E-state index in [1.165, 1.54) is 5.56 Å². The third-order valence-electron chi connectivity index (χ3n) is 8.43. The molecular weight excluding hydrogens is 498 g/mol. The number of piperazine rings is 1. The normalized spacial score (nSPS) is 18.0. The van der Waals surface area contributed by atoms with Crippen LogP contribution in [0.15, 0.2) is 60.7 Å². The van der Waals surface area contributed by atoms with Crippen molar-refractivity contribution < 1.29 is 9.90 Å². The van der Waals surface area contributed by atoms with Crippen molar-refractivity contribution in [3.05, 3.63) is 88.5 Å². The Morgan fingerprint density at radius 2 is 1.62 bits per heavy atom. The minimum Gasteiger partial charge on any atom is -0.394 e. The van der Waals surface area contributed by atoms with Crippen LogP contribution in [0.1, 0.15) is 45.5 Å². The number of piperidine rings is 1. The van der Waals surface area contributed by atoms with E-state index < -0.39 is 0 Å². The van der Waals surface area contributed by atoms with Gasteiger partial charge in [-0.2, -0.15) is 5.26 Å². The van der Waals surface area contributed by atoms with E-state index in [2.05, 4.69) is 53.2 Å². The van der Waals surface area contributed by atoms with Crippen molar-refractivity contribution >= 4 is 23.0 Å². The number of nitriles is 1. The average molecular weight is 538 g/mol. The minimum absolute atomic E-state index is 0.00462. The second kappa shape index (κ2) is 12.0. The summed E-state index contributed by atoms with van der Waals surface area (Å²) in [5.74, 6) is 0.0198. The van der Waals surface area contributed by atoms with Gasteiger partial charge in [0.1, 0.15) is 6.07 Å². The zero-order valence-electron chi connectivity index (χ0n) is 23.7. The molecule has 1 amide bonds. The fourth-order valence-electron chi connectivity index (χ4n) is 6.14. The first-order valence-electron chi connectivity index (χ1n) is 14.2. The molecule has 40 heavy (non-hydrogen) atoms. The fraction of sp³-hybridized carbons (Fsp3) is 0.394. The summed E-state index contributed by atoms with van der Waals surface area (Å²) in [6.45, 7) is 9.71. The Morgan fingerprint density at radius 3 is 2.33 bits per heavy atom. The molecule has 0 bridgehead atoms. The maximum Gasteiger partial charge on any atom is 0.254 e. The topological polar surface area (TPSA) is 82.8 Å². The maximum absolute atomic E-state index is 13.8. The molecule has 7 nitrogen and oxygen atoms in total. The molecule has 0 aliphatic carbocycles. The van der Waals surface area contributed by atoms with Gasteiger partial charge in [-0.25, -0.2) is 0 Å². The van der Waals surface area contributed by atoms with Crippen LogP contribution in [0.5, 0.6) is 0 Å². The number of rotatable bonds is 6. The van der Waals surface area contributed by atoms with Crippen molar-refractivity contribution in [1.82, 2.24) is 4.90 Å². The number of carbonyl (C=O) groups excluding carboxylic acids is 1. The van der Waals surface area contributed by atoms with Gasteiger partial charge in [-0.15, -0.1) is 0 Å². The summed E-state index contributed by atoms with van der Waals surface area (Å²) in [6.07, 6.45) is 1.91. The van der Waals surface area contributed by atoms with Crippen molar-refractivity contribution in [3.63, 3.8) is 0 Å². The van der Waals surface area contributed by atoms with E-state index in [4.69, 9.17) is 0 Å². The van der Waals surface area contributed by atoms with E-state index in [-0.39, 0.29) is 18.6 Å². The van der Waals surface area contributed by atoms with E-state index in [0.717, 1.165) is 65.2 Å². The number of carbonyl (C=O) groups is 1. The summed E-state index contributed by atoms with van der Waals surface area (Å²) in [7, 11) is 0. The van der Waals surface area contributed by atoms with Crippen molar-refractivity contribution in [3.8, 4) is 6.07 Å². The van der Waals surface area contributed by atoms with Crippen molar-refractivity contribution in [2.75, 3.05) is 54.4 Å². The Bertz CT molecular complexity index is 1410. The summed E-state index contributed by atoms with van der Waals surface area (Å²) >= 11 is 0. The van der Waals surface area contributed by atoms with Gasteiger partial charge >= 0.3 is 0 Å². The molecule has 2 N–H and O–H groups in total. The van der Waals surface area contributed by atoms with Crippen molar-refractivity contribution in [1.29, 1.82) is 5.26 Å². The lowest BCUT2D eigenvalue weighted by Crippen LogP contribution is -2.56. The molecule has 5 rings (SSSR count). The predicted octanol–water partition coefficient (Wildman–Crippen LogP) is 4.89. The van der Waals surface area contributed by atoms with Gasteiger partial charge in [0.2, 0.25) is 0 Å². The summed E-state index contributed by atoms with van der Waals surface area (Å²) in [4.78, 5) is 20.2.